The maximum atomic E-state index is 12.4. The molecule has 0 aromatic carbocycles. The topological polar surface area (TPSA) is 125 Å². The first-order valence-electron chi connectivity index (χ1n) is 21.6. The van der Waals surface area contributed by atoms with Crippen molar-refractivity contribution in [3.05, 3.63) is 0 Å². The summed E-state index contributed by atoms with van der Waals surface area (Å²) >= 11 is 0. The van der Waals surface area contributed by atoms with E-state index in [2.05, 4.69) is 13.8 Å². The number of carbonyl (C=O) groups is 4. The van der Waals surface area contributed by atoms with Crippen LogP contribution in [0.25, 0.3) is 0 Å². The Morgan fingerprint density at radius 1 is 0.741 bits per heavy atom. The van der Waals surface area contributed by atoms with Gasteiger partial charge < -0.3 is 24.1 Å². The quantitative estimate of drug-likeness (QED) is 0.171. The Morgan fingerprint density at radius 2 is 1.28 bits per heavy atom. The Bertz CT molecular complexity index is 1370. The van der Waals surface area contributed by atoms with Crippen molar-refractivity contribution >= 4 is 23.9 Å². The summed E-state index contributed by atoms with van der Waals surface area (Å²) in [6, 6.07) is 0. The molecule has 1 heterocycles. The zero-order valence-corrected chi connectivity index (χ0v) is 35.6. The monoisotopic (exact) mass is 759 g/mol. The summed E-state index contributed by atoms with van der Waals surface area (Å²) in [7, 11) is 0. The summed E-state index contributed by atoms with van der Waals surface area (Å²) < 4.78 is 22.8. The fourth-order valence-electron chi connectivity index (χ4n) is 10.6. The van der Waals surface area contributed by atoms with Crippen LogP contribution in [0.3, 0.4) is 0 Å². The first-order valence-corrected chi connectivity index (χ1v) is 21.6. The van der Waals surface area contributed by atoms with Crippen molar-refractivity contribution < 1.29 is 43.2 Å². The van der Waals surface area contributed by atoms with Gasteiger partial charge in [0.15, 0.2) is 0 Å². The van der Waals surface area contributed by atoms with Gasteiger partial charge >= 0.3 is 23.9 Å². The van der Waals surface area contributed by atoms with E-state index in [1.54, 1.807) is 0 Å². The minimum absolute atomic E-state index is 0.0458. The van der Waals surface area contributed by atoms with Gasteiger partial charge in [-0.2, -0.15) is 0 Å². The number of esters is 4. The largest absolute Gasteiger partial charge is 0.459 e. The van der Waals surface area contributed by atoms with Crippen molar-refractivity contribution in [2.24, 2.45) is 51.8 Å². The van der Waals surface area contributed by atoms with Crippen LogP contribution in [0.5, 0.6) is 0 Å². The molecule has 7 atom stereocenters. The van der Waals surface area contributed by atoms with Crippen LogP contribution < -0.4 is 0 Å². The summed E-state index contributed by atoms with van der Waals surface area (Å²) in [6.45, 7) is 21.8. The number of fused-ring (bicyclic) bond motifs is 1. The summed E-state index contributed by atoms with van der Waals surface area (Å²) in [5, 5.41) is 10.6. The van der Waals surface area contributed by atoms with E-state index < -0.39 is 16.4 Å². The normalized spacial score (nSPS) is 35.3. The van der Waals surface area contributed by atoms with Crippen LogP contribution in [0, 0.1) is 51.8 Å². The molecule has 7 aliphatic carbocycles. The van der Waals surface area contributed by atoms with E-state index >= 15 is 0 Å². The van der Waals surface area contributed by atoms with Crippen LogP contribution in [-0.4, -0.2) is 58.0 Å². The molecule has 8 rings (SSSR count). The molecule has 308 valence electrons. The second kappa shape index (κ2) is 15.6. The third-order valence-corrected chi connectivity index (χ3v) is 15.2. The Balaban J connectivity index is 0.000000156. The Labute approximate surface area is 326 Å². The van der Waals surface area contributed by atoms with Crippen molar-refractivity contribution in [3.63, 3.8) is 0 Å². The SMILES string of the molecule is CCC(C)(C)C(=O)OC(C)(C)C1CCCCC1.CCC(C)(C)C(=O)OC12CC3CC(CC(O)(C3)C1)C2.CCC(C)(C)C(=O)OC1C2CC3C(=O)OC1C3C2. The molecule has 7 saturated carbocycles. The lowest BCUT2D eigenvalue weighted by Gasteiger charge is -2.59. The van der Waals surface area contributed by atoms with Crippen LogP contribution in [0.1, 0.15) is 179 Å². The molecule has 1 saturated heterocycles. The van der Waals surface area contributed by atoms with E-state index in [0.29, 0.717) is 36.0 Å². The van der Waals surface area contributed by atoms with E-state index in [0.717, 1.165) is 57.8 Å². The maximum Gasteiger partial charge on any atom is 0.312 e. The van der Waals surface area contributed by atoms with Crippen molar-refractivity contribution in [2.75, 3.05) is 0 Å². The lowest BCUT2D eigenvalue weighted by molar-refractivity contribution is -0.225. The van der Waals surface area contributed by atoms with Gasteiger partial charge in [0.2, 0.25) is 0 Å². The number of aliphatic hydroxyl groups is 1. The van der Waals surface area contributed by atoms with Crippen LogP contribution in [-0.2, 0) is 38.1 Å². The smallest absolute Gasteiger partial charge is 0.312 e. The zero-order chi connectivity index (χ0) is 40.1. The zero-order valence-electron chi connectivity index (χ0n) is 35.6. The second-order valence-corrected chi connectivity index (χ2v) is 21.1. The molecule has 8 fully saturated rings. The number of hydrogen-bond donors (Lipinski definition) is 1. The number of ether oxygens (including phenoxy) is 4. The van der Waals surface area contributed by atoms with Gasteiger partial charge in [-0.1, -0.05) is 40.0 Å². The lowest BCUT2D eigenvalue weighted by Crippen LogP contribution is -2.61. The molecule has 7 unspecified atom stereocenters. The third-order valence-electron chi connectivity index (χ3n) is 15.2. The molecule has 9 heteroatoms. The minimum atomic E-state index is -0.555. The molecular weight excluding hydrogens is 684 g/mol. The van der Waals surface area contributed by atoms with Crippen LogP contribution in [0.2, 0.25) is 0 Å². The second-order valence-electron chi connectivity index (χ2n) is 21.1. The van der Waals surface area contributed by atoms with Gasteiger partial charge in [-0.05, 0) is 150 Å². The van der Waals surface area contributed by atoms with Gasteiger partial charge in [0.1, 0.15) is 23.4 Å². The Hall–Kier alpha value is -2.16. The third kappa shape index (κ3) is 9.01. The number of carbonyl (C=O) groups excluding carboxylic acids is 4. The lowest BCUT2D eigenvalue weighted by atomic mass is 9.52. The minimum Gasteiger partial charge on any atom is -0.459 e. The first kappa shape index (κ1) is 43.0. The van der Waals surface area contributed by atoms with Crippen LogP contribution in [0.4, 0.5) is 0 Å². The van der Waals surface area contributed by atoms with Crippen molar-refractivity contribution in [3.8, 4) is 0 Å². The molecule has 1 aliphatic heterocycles. The maximum absolute atomic E-state index is 12.4. The van der Waals surface area contributed by atoms with E-state index in [-0.39, 0.29) is 58.6 Å². The fraction of sp³-hybridized carbons (Fsp3) is 0.911. The van der Waals surface area contributed by atoms with E-state index in [4.69, 9.17) is 18.9 Å². The summed E-state index contributed by atoms with van der Waals surface area (Å²) in [4.78, 5) is 48.2. The molecule has 8 aliphatic rings. The fourth-order valence-corrected chi connectivity index (χ4v) is 10.6. The van der Waals surface area contributed by atoms with E-state index in [1.807, 2.05) is 62.3 Å². The molecule has 54 heavy (non-hydrogen) atoms. The molecule has 0 amide bonds. The predicted octanol–water partition coefficient (Wildman–Crippen LogP) is 9.29. The highest BCUT2D eigenvalue weighted by Crippen LogP contribution is 2.59. The Kier molecular flexibility index (Phi) is 12.5. The van der Waals surface area contributed by atoms with Gasteiger partial charge in [-0.25, -0.2) is 0 Å². The summed E-state index contributed by atoms with van der Waals surface area (Å²) in [5.41, 5.74) is -2.44. The molecule has 6 bridgehead atoms. The van der Waals surface area contributed by atoms with Crippen molar-refractivity contribution in [1.82, 2.24) is 0 Å². The standard InChI is InChI=1S/C16H26O3.C15H28O2.C14H20O4/c1-4-14(2,3)13(17)19-16-8-11-5-12(9-16)7-15(18,6-11)10-16;1-6-14(2,3)13(16)17-15(4,5)12-10-8-7-9-11-12;1-4-14(2,3)13(16)18-10-7-5-8-9(6-7)12(15)17-11(8)10/h11-12,18H,4-10H2,1-3H3;12H,6-11H2,1-5H3;7-11H,4-6H2,1-3H3. The van der Waals surface area contributed by atoms with Gasteiger partial charge in [0.25, 0.3) is 0 Å². The van der Waals surface area contributed by atoms with Gasteiger partial charge in [0, 0.05) is 18.3 Å². The number of rotatable bonds is 10. The highest BCUT2D eigenvalue weighted by Gasteiger charge is 2.64. The van der Waals surface area contributed by atoms with E-state index in [1.165, 1.54) is 38.5 Å². The Morgan fingerprint density at radius 3 is 1.81 bits per heavy atom. The van der Waals surface area contributed by atoms with Gasteiger partial charge in [-0.15, -0.1) is 0 Å². The molecule has 1 N–H and O–H groups in total. The molecule has 9 nitrogen and oxygen atoms in total. The molecule has 0 aromatic rings. The summed E-state index contributed by atoms with van der Waals surface area (Å²) in [6.07, 6.45) is 15.8. The molecular formula is C45H74O9. The van der Waals surface area contributed by atoms with Gasteiger partial charge in [0.05, 0.1) is 27.8 Å². The molecule has 0 radical (unpaired) electrons. The average molecular weight is 759 g/mol. The number of hydrogen-bond acceptors (Lipinski definition) is 9. The van der Waals surface area contributed by atoms with E-state index in [9.17, 15) is 24.3 Å². The van der Waals surface area contributed by atoms with Crippen molar-refractivity contribution in [1.29, 1.82) is 0 Å². The average Bonchev–Trinajstić information content (AvgIpc) is 3.73. The predicted molar refractivity (Wildman–Crippen MR) is 207 cm³/mol. The summed E-state index contributed by atoms with van der Waals surface area (Å²) in [5.74, 6) is 1.98. The molecule has 0 aromatic heterocycles. The van der Waals surface area contributed by atoms with Crippen LogP contribution >= 0.6 is 0 Å². The molecule has 0 spiro atoms. The first-order chi connectivity index (χ1) is 25.0. The van der Waals surface area contributed by atoms with Crippen LogP contribution in [0.15, 0.2) is 0 Å². The highest BCUT2D eigenvalue weighted by atomic mass is 16.6. The highest BCUT2D eigenvalue weighted by molar-refractivity contribution is 5.79. The van der Waals surface area contributed by atoms with Gasteiger partial charge in [-0.3, -0.25) is 19.2 Å². The van der Waals surface area contributed by atoms with Crippen molar-refractivity contribution in [2.45, 2.75) is 208 Å².